The monoisotopic (exact) mass is 329 g/mol. The number of terminal acetylenes is 1. The lowest BCUT2D eigenvalue weighted by atomic mass is 10.2. The molecule has 7 nitrogen and oxygen atoms in total. The molecular formula is C17H23N5O2. The summed E-state index contributed by atoms with van der Waals surface area (Å²) in [5.41, 5.74) is 2.81. The zero-order valence-corrected chi connectivity index (χ0v) is 13.8. The summed E-state index contributed by atoms with van der Waals surface area (Å²) in [4.78, 5) is 28.4. The fraction of sp³-hybridized carbons (Fsp3) is 0.471. The standard InChI is InChI=1S/C17H23N5O2/c1-3-13(4-2)21-22-16(23)12-14(17(22)24)18-10-7-11-20-15-8-5-6-9-19-15/h1,5-6,8-9,13-14,18,21H,4,7,10-12H2,2H3,(H,19,20). The topological polar surface area (TPSA) is 86.4 Å². The summed E-state index contributed by atoms with van der Waals surface area (Å²) in [6.07, 6.45) is 8.69. The summed E-state index contributed by atoms with van der Waals surface area (Å²) >= 11 is 0. The van der Waals surface area contributed by atoms with Gasteiger partial charge in [0.2, 0.25) is 5.91 Å². The Balaban J connectivity index is 1.71. The molecule has 24 heavy (non-hydrogen) atoms. The molecule has 2 unspecified atom stereocenters. The van der Waals surface area contributed by atoms with E-state index in [-0.39, 0.29) is 24.3 Å². The van der Waals surface area contributed by atoms with E-state index in [0.29, 0.717) is 13.0 Å². The van der Waals surface area contributed by atoms with Gasteiger partial charge in [0, 0.05) is 12.7 Å². The van der Waals surface area contributed by atoms with Crippen LogP contribution < -0.4 is 16.1 Å². The first-order valence-electron chi connectivity index (χ1n) is 8.13. The lowest BCUT2D eigenvalue weighted by Gasteiger charge is -2.20. The maximum Gasteiger partial charge on any atom is 0.261 e. The first-order chi connectivity index (χ1) is 11.7. The van der Waals surface area contributed by atoms with Crippen molar-refractivity contribution in [2.75, 3.05) is 18.4 Å². The van der Waals surface area contributed by atoms with Crippen molar-refractivity contribution in [2.24, 2.45) is 0 Å². The minimum absolute atomic E-state index is 0.153. The largest absolute Gasteiger partial charge is 0.370 e. The SMILES string of the molecule is C#CC(CC)NN1C(=O)CC(NCCCNc2ccccn2)C1=O. The second-order valence-electron chi connectivity index (χ2n) is 5.53. The van der Waals surface area contributed by atoms with E-state index in [9.17, 15) is 9.59 Å². The molecule has 3 N–H and O–H groups in total. The van der Waals surface area contributed by atoms with Gasteiger partial charge in [0.1, 0.15) is 5.82 Å². The van der Waals surface area contributed by atoms with Gasteiger partial charge in [-0.05, 0) is 31.5 Å². The van der Waals surface area contributed by atoms with Crippen LogP contribution >= 0.6 is 0 Å². The molecule has 0 bridgehead atoms. The van der Waals surface area contributed by atoms with Crippen LogP contribution in [0, 0.1) is 12.3 Å². The molecule has 1 saturated heterocycles. The van der Waals surface area contributed by atoms with E-state index in [1.165, 1.54) is 0 Å². The van der Waals surface area contributed by atoms with Gasteiger partial charge in [-0.15, -0.1) is 6.42 Å². The molecule has 1 aromatic rings. The maximum absolute atomic E-state index is 12.3. The summed E-state index contributed by atoms with van der Waals surface area (Å²) in [6, 6.07) is 4.86. The fourth-order valence-electron chi connectivity index (χ4n) is 2.38. The van der Waals surface area contributed by atoms with Gasteiger partial charge in [-0.25, -0.2) is 15.4 Å². The average molecular weight is 329 g/mol. The molecule has 0 saturated carbocycles. The molecule has 1 aromatic heterocycles. The summed E-state index contributed by atoms with van der Waals surface area (Å²) in [6.45, 7) is 3.26. The Hall–Kier alpha value is -2.43. The van der Waals surface area contributed by atoms with Gasteiger partial charge in [-0.3, -0.25) is 9.59 Å². The number of amides is 2. The molecule has 2 atom stereocenters. The highest BCUT2D eigenvalue weighted by molar-refractivity contribution is 6.05. The third kappa shape index (κ3) is 4.78. The molecule has 1 aliphatic heterocycles. The summed E-state index contributed by atoms with van der Waals surface area (Å²) in [5, 5.41) is 7.37. The average Bonchev–Trinajstić information content (AvgIpc) is 2.87. The van der Waals surface area contributed by atoms with Crippen LogP contribution in [0.3, 0.4) is 0 Å². The number of hydrazine groups is 1. The quantitative estimate of drug-likeness (QED) is 0.348. The van der Waals surface area contributed by atoms with E-state index in [2.05, 4.69) is 27.0 Å². The normalized spacial score (nSPS) is 18.5. The molecule has 0 aromatic carbocycles. The Kier molecular flexibility index (Phi) is 6.73. The Morgan fingerprint density at radius 3 is 2.92 bits per heavy atom. The van der Waals surface area contributed by atoms with E-state index in [4.69, 9.17) is 6.42 Å². The van der Waals surface area contributed by atoms with Crippen LogP contribution in [-0.4, -0.2) is 47.0 Å². The zero-order chi connectivity index (χ0) is 17.4. The van der Waals surface area contributed by atoms with Crippen molar-refractivity contribution in [3.8, 4) is 12.3 Å². The first-order valence-corrected chi connectivity index (χ1v) is 8.13. The van der Waals surface area contributed by atoms with Crippen molar-refractivity contribution in [3.05, 3.63) is 24.4 Å². The molecule has 1 aliphatic rings. The van der Waals surface area contributed by atoms with Crippen LogP contribution in [0.2, 0.25) is 0 Å². The Morgan fingerprint density at radius 2 is 2.25 bits per heavy atom. The Bertz CT molecular complexity index is 599. The summed E-state index contributed by atoms with van der Waals surface area (Å²) < 4.78 is 0. The van der Waals surface area contributed by atoms with Crippen LogP contribution in [0.1, 0.15) is 26.2 Å². The van der Waals surface area contributed by atoms with Crippen LogP contribution in [0.25, 0.3) is 0 Å². The third-order valence-corrected chi connectivity index (χ3v) is 3.76. The molecule has 2 heterocycles. The van der Waals surface area contributed by atoms with E-state index in [1.54, 1.807) is 6.20 Å². The van der Waals surface area contributed by atoms with Gasteiger partial charge < -0.3 is 10.6 Å². The van der Waals surface area contributed by atoms with E-state index < -0.39 is 6.04 Å². The molecule has 0 spiro atoms. The van der Waals surface area contributed by atoms with Gasteiger partial charge in [0.15, 0.2) is 0 Å². The molecule has 0 aliphatic carbocycles. The Morgan fingerprint density at radius 1 is 1.42 bits per heavy atom. The summed E-state index contributed by atoms with van der Waals surface area (Å²) in [7, 11) is 0. The molecule has 1 fully saturated rings. The number of imide groups is 1. The van der Waals surface area contributed by atoms with Crippen molar-refractivity contribution in [2.45, 2.75) is 38.3 Å². The third-order valence-electron chi connectivity index (χ3n) is 3.76. The number of nitrogens with one attached hydrogen (secondary N) is 3. The van der Waals surface area contributed by atoms with Gasteiger partial charge in [-0.2, -0.15) is 0 Å². The predicted octanol–water partition coefficient (Wildman–Crippen LogP) is 0.517. The molecular weight excluding hydrogens is 306 g/mol. The number of pyridine rings is 1. The molecule has 2 rings (SSSR count). The number of hydrogen-bond acceptors (Lipinski definition) is 6. The number of anilines is 1. The number of aromatic nitrogens is 1. The van der Waals surface area contributed by atoms with Crippen molar-refractivity contribution in [1.82, 2.24) is 20.7 Å². The smallest absolute Gasteiger partial charge is 0.261 e. The van der Waals surface area contributed by atoms with Crippen molar-refractivity contribution in [1.29, 1.82) is 0 Å². The summed E-state index contributed by atoms with van der Waals surface area (Å²) in [5.74, 6) is 2.81. The predicted molar refractivity (Wildman–Crippen MR) is 91.7 cm³/mol. The van der Waals surface area contributed by atoms with Crippen molar-refractivity contribution < 1.29 is 9.59 Å². The highest BCUT2D eigenvalue weighted by Crippen LogP contribution is 2.11. The lowest BCUT2D eigenvalue weighted by Crippen LogP contribution is -2.49. The number of rotatable bonds is 9. The molecule has 128 valence electrons. The zero-order valence-electron chi connectivity index (χ0n) is 13.8. The number of carbonyl (C=O) groups excluding carboxylic acids is 2. The molecule has 2 amide bonds. The second kappa shape index (κ2) is 9.01. The van der Waals surface area contributed by atoms with Crippen LogP contribution in [0.5, 0.6) is 0 Å². The first kappa shape index (κ1) is 17.9. The lowest BCUT2D eigenvalue weighted by molar-refractivity contribution is -0.143. The van der Waals surface area contributed by atoms with Crippen molar-refractivity contribution in [3.63, 3.8) is 0 Å². The van der Waals surface area contributed by atoms with E-state index >= 15 is 0 Å². The van der Waals surface area contributed by atoms with Gasteiger partial charge in [-0.1, -0.05) is 18.9 Å². The van der Waals surface area contributed by atoms with Gasteiger partial charge in [0.05, 0.1) is 18.5 Å². The van der Waals surface area contributed by atoms with E-state index in [0.717, 1.165) is 23.8 Å². The van der Waals surface area contributed by atoms with Crippen LogP contribution in [0.4, 0.5) is 5.82 Å². The molecule has 0 radical (unpaired) electrons. The van der Waals surface area contributed by atoms with Gasteiger partial charge in [0.25, 0.3) is 5.91 Å². The minimum Gasteiger partial charge on any atom is -0.370 e. The van der Waals surface area contributed by atoms with Crippen LogP contribution in [0.15, 0.2) is 24.4 Å². The highest BCUT2D eigenvalue weighted by Gasteiger charge is 2.39. The van der Waals surface area contributed by atoms with Gasteiger partial charge >= 0.3 is 0 Å². The minimum atomic E-state index is -0.491. The number of carbonyl (C=O) groups is 2. The van der Waals surface area contributed by atoms with E-state index in [1.807, 2.05) is 25.1 Å². The highest BCUT2D eigenvalue weighted by atomic mass is 16.2. The fourth-order valence-corrected chi connectivity index (χ4v) is 2.38. The molecule has 7 heteroatoms. The Labute approximate surface area is 142 Å². The number of nitrogens with zero attached hydrogens (tertiary/aromatic N) is 2. The van der Waals surface area contributed by atoms with Crippen LogP contribution in [-0.2, 0) is 9.59 Å². The second-order valence-corrected chi connectivity index (χ2v) is 5.53. The number of hydrogen-bond donors (Lipinski definition) is 3. The van der Waals surface area contributed by atoms with Crippen molar-refractivity contribution >= 4 is 17.6 Å². The maximum atomic E-state index is 12.3.